The van der Waals surface area contributed by atoms with Crippen LogP contribution in [0.3, 0.4) is 0 Å². The number of carbonyl (C=O) groups is 5. The molecule has 4 rings (SSSR count). The Morgan fingerprint density at radius 1 is 0.513 bits per heavy atom. The Bertz CT molecular complexity index is 1580. The summed E-state index contributed by atoms with van der Waals surface area (Å²) in [5.41, 5.74) is 0.489. The molecular weight excluding hydrogens is 953 g/mol. The van der Waals surface area contributed by atoms with Gasteiger partial charge in [0.25, 0.3) is 0 Å². The molecule has 0 aromatic heterocycles. The Hall–Kier alpha value is -2.49. The zero-order valence-electron chi connectivity index (χ0n) is 50.2. The van der Waals surface area contributed by atoms with Crippen molar-refractivity contribution in [2.24, 2.45) is 52.3 Å². The fourth-order valence-electron chi connectivity index (χ4n) is 14.8. The highest BCUT2D eigenvalue weighted by Crippen LogP contribution is 2.67. The molecule has 0 bridgehead atoms. The normalized spacial score (nSPS) is 25.7. The minimum absolute atomic E-state index is 0.0343. The summed E-state index contributed by atoms with van der Waals surface area (Å²) in [6.07, 6.45) is 43.4. The molecule has 4 aliphatic carbocycles. The Morgan fingerprint density at radius 2 is 0.987 bits per heavy atom. The van der Waals surface area contributed by atoms with Crippen molar-refractivity contribution in [3.8, 4) is 0 Å². The minimum atomic E-state index is -0.884. The van der Waals surface area contributed by atoms with Gasteiger partial charge in [0, 0.05) is 25.2 Å². The van der Waals surface area contributed by atoms with Gasteiger partial charge in [-0.25, -0.2) is 0 Å². The predicted octanol–water partition coefficient (Wildman–Crippen LogP) is 17.5. The molecule has 0 radical (unpaired) electrons. The van der Waals surface area contributed by atoms with Crippen LogP contribution in [0, 0.1) is 52.3 Å². The first-order valence-corrected chi connectivity index (χ1v) is 32.5. The van der Waals surface area contributed by atoms with Gasteiger partial charge in [-0.3, -0.25) is 24.0 Å². The number of esters is 4. The van der Waals surface area contributed by atoms with Crippen molar-refractivity contribution in [2.45, 2.75) is 318 Å². The Labute approximate surface area is 465 Å². The summed E-state index contributed by atoms with van der Waals surface area (Å²) in [4.78, 5) is 64.6. The molecule has 440 valence electrons. The molecule has 10 nitrogen and oxygen atoms in total. The minimum Gasteiger partial charge on any atom is -0.462 e. The van der Waals surface area contributed by atoms with E-state index in [-0.39, 0.29) is 73.6 Å². The first-order valence-electron chi connectivity index (χ1n) is 32.5. The van der Waals surface area contributed by atoms with Gasteiger partial charge in [0.15, 0.2) is 12.9 Å². The summed E-state index contributed by atoms with van der Waals surface area (Å²) in [6, 6.07) is 0. The second kappa shape index (κ2) is 37.4. The maximum Gasteiger partial charge on any atom is 0.310 e. The Balaban J connectivity index is 1.11. The maximum absolute atomic E-state index is 13.3. The number of hydrogen-bond donors (Lipinski definition) is 0. The first-order chi connectivity index (χ1) is 36.7. The van der Waals surface area contributed by atoms with Gasteiger partial charge in [-0.05, 0) is 131 Å². The molecule has 0 aliphatic heterocycles. The van der Waals surface area contributed by atoms with Crippen LogP contribution in [0.5, 0.6) is 0 Å². The molecule has 10 atom stereocenters. The molecule has 0 N–H and O–H groups in total. The summed E-state index contributed by atoms with van der Waals surface area (Å²) >= 11 is 0. The number of ketones is 1. The molecule has 0 heterocycles. The molecule has 0 aromatic carbocycles. The van der Waals surface area contributed by atoms with Crippen LogP contribution < -0.4 is 0 Å². The van der Waals surface area contributed by atoms with Crippen molar-refractivity contribution in [3.05, 3.63) is 0 Å². The fourth-order valence-corrected chi connectivity index (χ4v) is 14.8. The number of Topliss-reactive ketones (excluding diaryl/α,β-unsaturated/α-hetero) is 1. The fraction of sp³-hybridized carbons (Fsp3) is 0.924. The lowest BCUT2D eigenvalue weighted by Crippen LogP contribution is -2.54. The van der Waals surface area contributed by atoms with Crippen LogP contribution in [0.15, 0.2) is 0 Å². The molecule has 4 fully saturated rings. The van der Waals surface area contributed by atoms with Crippen molar-refractivity contribution in [3.63, 3.8) is 0 Å². The van der Waals surface area contributed by atoms with E-state index in [1.807, 2.05) is 20.8 Å². The highest BCUT2D eigenvalue weighted by molar-refractivity contribution is 5.79. The monoisotopic (exact) mass is 1070 g/mol. The van der Waals surface area contributed by atoms with E-state index < -0.39 is 12.1 Å². The van der Waals surface area contributed by atoms with Crippen molar-refractivity contribution < 1.29 is 47.7 Å². The lowest BCUT2D eigenvalue weighted by molar-refractivity contribution is -0.177. The van der Waals surface area contributed by atoms with Crippen LogP contribution in [0.2, 0.25) is 0 Å². The van der Waals surface area contributed by atoms with Crippen molar-refractivity contribution in [1.82, 2.24) is 0 Å². The number of fused-ring (bicyclic) bond motifs is 5. The van der Waals surface area contributed by atoms with Crippen LogP contribution in [0.1, 0.15) is 305 Å². The molecule has 76 heavy (non-hydrogen) atoms. The van der Waals surface area contributed by atoms with Crippen molar-refractivity contribution in [2.75, 3.05) is 20.0 Å². The lowest BCUT2D eigenvalue weighted by Gasteiger charge is -2.61. The number of carbonyl (C=O) groups excluding carboxylic acids is 5. The van der Waals surface area contributed by atoms with Crippen LogP contribution in [-0.4, -0.2) is 61.9 Å². The average Bonchev–Trinajstić information content (AvgIpc) is 3.77. The average molecular weight is 1070 g/mol. The van der Waals surface area contributed by atoms with Gasteiger partial charge in [0.05, 0.1) is 12.0 Å². The van der Waals surface area contributed by atoms with Gasteiger partial charge in [-0.1, -0.05) is 196 Å². The van der Waals surface area contributed by atoms with Gasteiger partial charge in [-0.15, -0.1) is 0 Å². The lowest BCUT2D eigenvalue weighted by atomic mass is 9.44. The van der Waals surface area contributed by atoms with Crippen LogP contribution >= 0.6 is 0 Å². The van der Waals surface area contributed by atoms with E-state index in [9.17, 15) is 24.0 Å². The van der Waals surface area contributed by atoms with Gasteiger partial charge in [0.1, 0.15) is 19.0 Å². The SMILES string of the molecule is CCCCCCCCCCCCCCCC(=O)OCC(COC(=O)CCCCCCCCCCCCCCC)OC(=O)CC(C)CCC(C)C(=O)OCO[C@@H]1CC[C@@]2(C)[C@@H](CC[C@@H]3[C@@H]2CC[C@]2(C)[C@@H](C(C)=O)CC[C@@H]32)C1. The van der Waals surface area contributed by atoms with E-state index in [2.05, 4.69) is 27.7 Å². The van der Waals surface area contributed by atoms with E-state index in [1.165, 1.54) is 161 Å². The summed E-state index contributed by atoms with van der Waals surface area (Å²) in [5.74, 6) is 1.58. The molecule has 4 saturated carbocycles. The van der Waals surface area contributed by atoms with Gasteiger partial charge < -0.3 is 23.7 Å². The van der Waals surface area contributed by atoms with E-state index in [0.717, 1.165) is 76.0 Å². The number of unbranched alkanes of at least 4 members (excludes halogenated alkanes) is 24. The third-order valence-corrected chi connectivity index (χ3v) is 19.8. The third-order valence-electron chi connectivity index (χ3n) is 19.8. The van der Waals surface area contributed by atoms with Crippen molar-refractivity contribution in [1.29, 1.82) is 0 Å². The largest absolute Gasteiger partial charge is 0.462 e. The van der Waals surface area contributed by atoms with E-state index in [1.54, 1.807) is 0 Å². The Morgan fingerprint density at radius 3 is 1.49 bits per heavy atom. The summed E-state index contributed by atoms with van der Waals surface area (Å²) in [6.45, 7) is 14.8. The predicted molar refractivity (Wildman–Crippen MR) is 306 cm³/mol. The first kappa shape index (κ1) is 66.0. The molecule has 0 amide bonds. The molecule has 10 heteroatoms. The van der Waals surface area contributed by atoms with Gasteiger partial charge in [-0.2, -0.15) is 0 Å². The summed E-state index contributed by atoms with van der Waals surface area (Å²) in [7, 11) is 0. The standard InChI is InChI=1S/C66H116O10/c1-8-10-12-14-16-18-20-22-24-26-28-30-32-34-61(68)72-48-56(49-73-62(69)35-33-31-29-27-25-23-21-19-17-15-13-11-9-2)76-63(70)46-51(3)36-37-52(4)64(71)75-50-74-55-42-44-65(6)54(47-55)38-39-57-59-41-40-58(53(5)67)66(59,7)45-43-60(57)65/h51-52,54-60H,8-50H2,1-7H3/t51?,52?,54-,55+,57-,58+,59-,60-,65-,66+/m0/s1. The Kier molecular flexibility index (Phi) is 32.5. The third kappa shape index (κ3) is 23.7. The topological polar surface area (TPSA) is 132 Å². The summed E-state index contributed by atoms with van der Waals surface area (Å²) < 4.78 is 28.9. The van der Waals surface area contributed by atoms with Gasteiger partial charge >= 0.3 is 23.9 Å². The van der Waals surface area contributed by atoms with E-state index >= 15 is 0 Å². The smallest absolute Gasteiger partial charge is 0.310 e. The number of hydrogen-bond acceptors (Lipinski definition) is 10. The summed E-state index contributed by atoms with van der Waals surface area (Å²) in [5, 5.41) is 0. The molecule has 0 spiro atoms. The zero-order chi connectivity index (χ0) is 55.0. The van der Waals surface area contributed by atoms with Crippen molar-refractivity contribution >= 4 is 29.7 Å². The van der Waals surface area contributed by atoms with Crippen LogP contribution in [-0.2, 0) is 47.7 Å². The van der Waals surface area contributed by atoms with Crippen LogP contribution in [0.25, 0.3) is 0 Å². The van der Waals surface area contributed by atoms with E-state index in [4.69, 9.17) is 23.7 Å². The number of ether oxygens (including phenoxy) is 5. The number of rotatable bonds is 43. The molecule has 0 saturated heterocycles. The second-order valence-electron chi connectivity index (χ2n) is 25.8. The molecule has 4 aliphatic rings. The van der Waals surface area contributed by atoms with Gasteiger partial charge in [0.2, 0.25) is 0 Å². The second-order valence-corrected chi connectivity index (χ2v) is 25.8. The zero-order valence-corrected chi connectivity index (χ0v) is 50.2. The van der Waals surface area contributed by atoms with E-state index in [0.29, 0.717) is 48.7 Å². The molecule has 0 aromatic rings. The molecule has 2 unspecified atom stereocenters. The maximum atomic E-state index is 13.3. The highest BCUT2D eigenvalue weighted by Gasteiger charge is 2.61. The van der Waals surface area contributed by atoms with Crippen LogP contribution in [0.4, 0.5) is 0 Å². The molecular formula is C66H116O10. The highest BCUT2D eigenvalue weighted by atomic mass is 16.7. The quantitative estimate of drug-likeness (QED) is 0.0252.